The predicted octanol–water partition coefficient (Wildman–Crippen LogP) is 4.81. The number of fused-ring (bicyclic) bond motifs is 1. The molecule has 2 aromatic carbocycles. The fourth-order valence-corrected chi connectivity index (χ4v) is 5.19. The van der Waals surface area contributed by atoms with Gasteiger partial charge >= 0.3 is 5.97 Å². The van der Waals surface area contributed by atoms with Crippen molar-refractivity contribution in [2.24, 2.45) is 4.99 Å². The molecule has 0 spiro atoms. The number of esters is 1. The molecule has 0 bridgehead atoms. The van der Waals surface area contributed by atoms with Crippen molar-refractivity contribution in [3.63, 3.8) is 0 Å². The molecule has 2 heterocycles. The Labute approximate surface area is 216 Å². The second kappa shape index (κ2) is 11.6. The van der Waals surface area contributed by atoms with E-state index < -0.39 is 12.0 Å². The minimum atomic E-state index is -0.443. The van der Waals surface area contributed by atoms with Crippen molar-refractivity contribution in [3.8, 4) is 0 Å². The van der Waals surface area contributed by atoms with Gasteiger partial charge in [-0.05, 0) is 30.4 Å². The van der Waals surface area contributed by atoms with Crippen LogP contribution in [-0.4, -0.2) is 54.2 Å². The molecule has 36 heavy (non-hydrogen) atoms. The lowest BCUT2D eigenvalue weighted by Crippen LogP contribution is -2.38. The van der Waals surface area contributed by atoms with E-state index in [9.17, 15) is 9.59 Å². The molecule has 188 valence electrons. The first kappa shape index (κ1) is 25.7. The number of aliphatic imine (C=N–C) groups is 1. The number of nitrogens with zero attached hydrogens (tertiary/aromatic N) is 3. The summed E-state index contributed by atoms with van der Waals surface area (Å²) in [6.45, 7) is 4.85. The first-order valence-corrected chi connectivity index (χ1v) is 12.7. The van der Waals surface area contributed by atoms with Gasteiger partial charge in [0.15, 0.2) is 5.17 Å². The van der Waals surface area contributed by atoms with Crippen LogP contribution in [0.2, 0.25) is 0 Å². The van der Waals surface area contributed by atoms with Crippen LogP contribution in [0, 0.1) is 6.92 Å². The maximum atomic E-state index is 13.2. The number of carbonyl (C=O) groups is 2. The summed E-state index contributed by atoms with van der Waals surface area (Å²) < 4.78 is 10.6. The number of hydrogen-bond acceptors (Lipinski definition) is 7. The molecule has 7 nitrogen and oxygen atoms in total. The summed E-state index contributed by atoms with van der Waals surface area (Å²) in [6.07, 6.45) is 0.197. The van der Waals surface area contributed by atoms with E-state index in [0.717, 1.165) is 27.6 Å². The van der Waals surface area contributed by atoms with Gasteiger partial charge in [-0.3, -0.25) is 4.79 Å². The zero-order valence-electron chi connectivity index (χ0n) is 21.1. The fraction of sp³-hybridized carbons (Fsp3) is 0.321. The Morgan fingerprint density at radius 3 is 2.47 bits per heavy atom. The summed E-state index contributed by atoms with van der Waals surface area (Å²) in [5.74, 6) is -0.438. The number of rotatable bonds is 9. The molecular weight excluding hydrogens is 474 g/mol. The van der Waals surface area contributed by atoms with E-state index in [-0.39, 0.29) is 18.9 Å². The van der Waals surface area contributed by atoms with Gasteiger partial charge in [0, 0.05) is 26.4 Å². The maximum absolute atomic E-state index is 13.2. The zero-order chi connectivity index (χ0) is 25.7. The normalized spacial score (nSPS) is 16.9. The van der Waals surface area contributed by atoms with Crippen molar-refractivity contribution < 1.29 is 19.1 Å². The van der Waals surface area contributed by atoms with Crippen LogP contribution in [0.4, 0.5) is 0 Å². The second-order valence-corrected chi connectivity index (χ2v) is 9.68. The third-order valence-electron chi connectivity index (χ3n) is 6.15. The van der Waals surface area contributed by atoms with E-state index in [0.29, 0.717) is 24.4 Å². The number of aryl methyl sites for hydroxylation is 1. The number of thioether (sulfide) groups is 1. The average Bonchev–Trinajstić information content (AvgIpc) is 3.26. The lowest BCUT2D eigenvalue weighted by molar-refractivity contribution is -0.141. The summed E-state index contributed by atoms with van der Waals surface area (Å²) in [4.78, 5) is 34.9. The first-order chi connectivity index (χ1) is 17.4. The molecule has 0 radical (unpaired) electrons. The van der Waals surface area contributed by atoms with Crippen LogP contribution in [0.25, 0.3) is 0 Å². The van der Waals surface area contributed by atoms with Crippen molar-refractivity contribution in [3.05, 3.63) is 93.7 Å². The number of hydrogen-bond donors (Lipinski definition) is 0. The Morgan fingerprint density at radius 2 is 1.78 bits per heavy atom. The molecule has 4 rings (SSSR count). The zero-order valence-corrected chi connectivity index (χ0v) is 21.9. The fourth-order valence-electron chi connectivity index (χ4n) is 4.23. The lowest BCUT2D eigenvalue weighted by Gasteiger charge is -2.36. The van der Waals surface area contributed by atoms with E-state index in [1.54, 1.807) is 12.0 Å². The molecule has 2 aromatic rings. The molecule has 0 saturated heterocycles. The molecule has 0 fully saturated rings. The highest BCUT2D eigenvalue weighted by molar-refractivity contribution is 8.16. The summed E-state index contributed by atoms with van der Waals surface area (Å²) in [5, 5.41) is 2.71. The van der Waals surface area contributed by atoms with Crippen LogP contribution < -0.4 is 0 Å². The molecule has 0 saturated carbocycles. The van der Waals surface area contributed by atoms with Crippen LogP contribution >= 0.6 is 11.8 Å². The van der Waals surface area contributed by atoms with Crippen molar-refractivity contribution in [2.75, 3.05) is 27.4 Å². The van der Waals surface area contributed by atoms with E-state index in [2.05, 4.69) is 0 Å². The van der Waals surface area contributed by atoms with Crippen LogP contribution in [0.1, 0.15) is 36.1 Å². The topological polar surface area (TPSA) is 71.4 Å². The summed E-state index contributed by atoms with van der Waals surface area (Å²) in [5.41, 5.74) is 5.02. The highest BCUT2D eigenvalue weighted by Crippen LogP contribution is 2.45. The molecule has 2 aliphatic rings. The molecular formula is C28H31N3O4S. The minimum absolute atomic E-state index is 0.00916. The SMILES string of the molecule is COCCOC(=O)C1=C(C)N=C2SC=C(CC(=O)N(C)Cc3ccccc3)N2C1c1ccc(C)cc1. The van der Waals surface area contributed by atoms with Crippen LogP contribution in [0.15, 0.2) is 82.0 Å². The molecule has 2 aliphatic heterocycles. The van der Waals surface area contributed by atoms with Gasteiger partial charge in [0.25, 0.3) is 0 Å². The van der Waals surface area contributed by atoms with Crippen molar-refractivity contribution in [1.82, 2.24) is 9.80 Å². The van der Waals surface area contributed by atoms with Crippen molar-refractivity contribution in [1.29, 1.82) is 0 Å². The number of methoxy groups -OCH3 is 1. The number of allylic oxidation sites excluding steroid dienone is 1. The van der Waals surface area contributed by atoms with Crippen LogP contribution in [-0.2, 0) is 25.6 Å². The van der Waals surface area contributed by atoms with Crippen LogP contribution in [0.3, 0.4) is 0 Å². The molecule has 8 heteroatoms. The van der Waals surface area contributed by atoms with Crippen molar-refractivity contribution >= 4 is 28.8 Å². The van der Waals surface area contributed by atoms with Gasteiger partial charge in [0.1, 0.15) is 6.61 Å². The molecule has 0 N–H and O–H groups in total. The van der Waals surface area contributed by atoms with Gasteiger partial charge in [-0.15, -0.1) is 0 Å². The number of carbonyl (C=O) groups excluding carboxylic acids is 2. The van der Waals surface area contributed by atoms with E-state index in [1.165, 1.54) is 11.8 Å². The lowest BCUT2D eigenvalue weighted by atomic mass is 9.93. The van der Waals surface area contributed by atoms with E-state index in [1.807, 2.05) is 85.8 Å². The van der Waals surface area contributed by atoms with Gasteiger partial charge in [-0.1, -0.05) is 71.9 Å². The Morgan fingerprint density at radius 1 is 1.06 bits per heavy atom. The number of ether oxygens (including phenoxy) is 2. The third kappa shape index (κ3) is 5.71. The second-order valence-electron chi connectivity index (χ2n) is 8.84. The smallest absolute Gasteiger partial charge is 0.338 e. The quantitative estimate of drug-likeness (QED) is 0.360. The van der Waals surface area contributed by atoms with E-state index >= 15 is 0 Å². The van der Waals surface area contributed by atoms with Gasteiger partial charge in [0.05, 0.1) is 30.3 Å². The molecule has 0 aliphatic carbocycles. The van der Waals surface area contributed by atoms with Gasteiger partial charge in [-0.25, -0.2) is 9.79 Å². The molecule has 1 unspecified atom stereocenters. The summed E-state index contributed by atoms with van der Waals surface area (Å²) in [6, 6.07) is 17.5. The first-order valence-electron chi connectivity index (χ1n) is 11.8. The predicted molar refractivity (Wildman–Crippen MR) is 142 cm³/mol. The van der Waals surface area contributed by atoms with Gasteiger partial charge in [0.2, 0.25) is 5.91 Å². The standard InChI is InChI=1S/C28H31N3O4S/c1-19-10-12-22(13-11-19)26-25(27(33)35-15-14-34-4)20(2)29-28-31(26)23(18-36-28)16-24(32)30(3)17-21-8-6-5-7-9-21/h5-13,18,26H,14-17H2,1-4H3. The summed E-state index contributed by atoms with van der Waals surface area (Å²) >= 11 is 1.47. The molecule has 1 atom stereocenters. The molecule has 0 aromatic heterocycles. The maximum Gasteiger partial charge on any atom is 0.338 e. The third-order valence-corrected chi connectivity index (χ3v) is 7.04. The highest BCUT2D eigenvalue weighted by Gasteiger charge is 2.41. The summed E-state index contributed by atoms with van der Waals surface area (Å²) in [7, 11) is 3.37. The largest absolute Gasteiger partial charge is 0.460 e. The van der Waals surface area contributed by atoms with E-state index in [4.69, 9.17) is 14.5 Å². The Balaban J connectivity index is 1.61. The number of amidine groups is 1. The van der Waals surface area contributed by atoms with Crippen molar-refractivity contribution in [2.45, 2.75) is 32.9 Å². The Kier molecular flexibility index (Phi) is 8.28. The highest BCUT2D eigenvalue weighted by atomic mass is 32.2. The van der Waals surface area contributed by atoms with Crippen LogP contribution in [0.5, 0.6) is 0 Å². The van der Waals surface area contributed by atoms with Gasteiger partial charge in [-0.2, -0.15) is 0 Å². The molecule has 1 amide bonds. The monoisotopic (exact) mass is 505 g/mol. The number of benzene rings is 2. The average molecular weight is 506 g/mol. The Bertz CT molecular complexity index is 1210. The minimum Gasteiger partial charge on any atom is -0.460 e. The number of amides is 1. The van der Waals surface area contributed by atoms with Gasteiger partial charge < -0.3 is 19.3 Å². The Hall–Kier alpha value is -3.36.